The zero-order chi connectivity index (χ0) is 33.4. The highest BCUT2D eigenvalue weighted by molar-refractivity contribution is 5.79. The number of aliphatic carboxylic acids is 1. The number of benzene rings is 4. The van der Waals surface area contributed by atoms with Crippen LogP contribution in [0.3, 0.4) is 0 Å². The lowest BCUT2D eigenvalue weighted by molar-refractivity contribution is -0.146. The Morgan fingerprint density at radius 3 is 1.57 bits per heavy atom. The number of hydrogen-bond donors (Lipinski definition) is 1. The van der Waals surface area contributed by atoms with Crippen LogP contribution in [0.15, 0.2) is 109 Å². The smallest absolute Gasteiger partial charge is 0.356 e. The fraction of sp³-hybridized carbons (Fsp3) is 0.256. The van der Waals surface area contributed by atoms with Crippen molar-refractivity contribution in [2.45, 2.75) is 50.0 Å². The molecule has 246 valence electrons. The Balaban J connectivity index is 1.01. The Morgan fingerprint density at radius 2 is 1.16 bits per heavy atom. The largest absolute Gasteiger partial charge is 0.487 e. The number of likely N-dealkylation sites (N-methyl/N-ethyl adjacent to an activating group) is 1. The predicted molar refractivity (Wildman–Crippen MR) is 183 cm³/mol. The second-order valence-electron chi connectivity index (χ2n) is 12.8. The summed E-state index contributed by atoms with van der Waals surface area (Å²) in [7, 11) is 1.69. The van der Waals surface area contributed by atoms with E-state index in [9.17, 15) is 9.90 Å². The number of carboxylic acid groups (broad SMARTS) is 1. The Kier molecular flexibility index (Phi) is 7.89. The Bertz CT molecular complexity index is 2000. The average molecular weight is 654 g/mol. The minimum absolute atomic E-state index is 0.112. The fourth-order valence-corrected chi connectivity index (χ4v) is 7.30. The highest BCUT2D eigenvalue weighted by atomic mass is 16.9. The van der Waals surface area contributed by atoms with E-state index in [0.717, 1.165) is 68.9 Å². The molecule has 49 heavy (non-hydrogen) atoms. The first-order valence-corrected chi connectivity index (χ1v) is 16.5. The molecule has 2 aromatic heterocycles. The number of para-hydroxylation sites is 4. The topological polar surface area (TPSA) is 123 Å². The maximum Gasteiger partial charge on any atom is 0.356 e. The molecule has 1 aliphatic heterocycles. The molecule has 6 aromatic rings. The molecule has 0 radical (unpaired) electrons. The normalized spacial score (nSPS) is 20.2. The van der Waals surface area contributed by atoms with Gasteiger partial charge in [-0.15, -0.1) is 5.06 Å². The lowest BCUT2D eigenvalue weighted by Crippen LogP contribution is -2.42. The third-order valence-corrected chi connectivity index (χ3v) is 9.99. The molecule has 10 nitrogen and oxygen atoms in total. The van der Waals surface area contributed by atoms with Crippen molar-refractivity contribution in [3.63, 3.8) is 0 Å². The first-order chi connectivity index (χ1) is 23.9. The van der Waals surface area contributed by atoms with Crippen LogP contribution in [-0.2, 0) is 28.3 Å². The van der Waals surface area contributed by atoms with Crippen LogP contribution in [0, 0.1) is 5.92 Å². The molecule has 0 amide bonds. The van der Waals surface area contributed by atoms with E-state index in [1.165, 1.54) is 5.06 Å². The number of ether oxygens (including phenoxy) is 2. The van der Waals surface area contributed by atoms with Gasteiger partial charge in [0, 0.05) is 18.4 Å². The van der Waals surface area contributed by atoms with E-state index in [-0.39, 0.29) is 11.3 Å². The summed E-state index contributed by atoms with van der Waals surface area (Å²) >= 11 is 0. The van der Waals surface area contributed by atoms with Gasteiger partial charge in [0.15, 0.2) is 0 Å². The molecule has 1 saturated heterocycles. The van der Waals surface area contributed by atoms with Gasteiger partial charge in [0.05, 0.1) is 45.8 Å². The van der Waals surface area contributed by atoms with Crippen molar-refractivity contribution in [3.05, 3.63) is 132 Å². The van der Waals surface area contributed by atoms with Gasteiger partial charge in [0.2, 0.25) is 0 Å². The van der Waals surface area contributed by atoms with Crippen molar-refractivity contribution < 1.29 is 24.2 Å². The van der Waals surface area contributed by atoms with Gasteiger partial charge >= 0.3 is 5.97 Å². The fourth-order valence-electron chi connectivity index (χ4n) is 7.30. The van der Waals surface area contributed by atoms with E-state index in [1.54, 1.807) is 19.4 Å². The van der Waals surface area contributed by atoms with E-state index >= 15 is 0 Å². The molecule has 0 spiro atoms. The molecule has 1 aliphatic carbocycles. The number of hydrogen-bond acceptors (Lipinski definition) is 9. The van der Waals surface area contributed by atoms with Crippen molar-refractivity contribution in [3.8, 4) is 11.5 Å². The Labute approximate surface area is 283 Å². The molecule has 2 unspecified atom stereocenters. The lowest BCUT2D eigenvalue weighted by atomic mass is 9.62. The second kappa shape index (κ2) is 12.5. The Hall–Kier alpha value is -5.45. The predicted octanol–water partition coefficient (Wildman–Crippen LogP) is 6.87. The highest BCUT2D eigenvalue weighted by Gasteiger charge is 2.66. The SMILES string of the molecule is CN1OC1(C(=O)O)C1CCC(c2ccc(OCc3cnc4ccccc4n3)cc2)(c2ccc(OCc3cnc4ccccc4n3)cc2)CC1. The summed E-state index contributed by atoms with van der Waals surface area (Å²) in [5, 5.41) is 11.5. The summed E-state index contributed by atoms with van der Waals surface area (Å²) in [4.78, 5) is 36.1. The van der Waals surface area contributed by atoms with Gasteiger partial charge < -0.3 is 14.6 Å². The van der Waals surface area contributed by atoms with E-state index in [2.05, 4.69) is 44.2 Å². The molecular weight excluding hydrogens is 618 g/mol. The van der Waals surface area contributed by atoms with Gasteiger partial charge in [-0.05, 0) is 85.3 Å². The van der Waals surface area contributed by atoms with Crippen molar-refractivity contribution >= 4 is 28.0 Å². The molecule has 10 heteroatoms. The maximum absolute atomic E-state index is 12.2. The summed E-state index contributed by atoms with van der Waals surface area (Å²) in [6.45, 7) is 0.613. The third kappa shape index (κ3) is 5.83. The summed E-state index contributed by atoms with van der Waals surface area (Å²) in [6.07, 6.45) is 6.44. The second-order valence-corrected chi connectivity index (χ2v) is 12.8. The zero-order valence-corrected chi connectivity index (χ0v) is 27.0. The maximum atomic E-state index is 12.2. The van der Waals surface area contributed by atoms with Crippen molar-refractivity contribution in [1.29, 1.82) is 0 Å². The van der Waals surface area contributed by atoms with Gasteiger partial charge in [0.1, 0.15) is 24.7 Å². The molecule has 3 heterocycles. The van der Waals surface area contributed by atoms with E-state index in [1.807, 2.05) is 72.8 Å². The standard InChI is InChI=1S/C39H35N5O5/c1-44-39(49-44,37(45)46)28-18-20-38(21-19-28,26-10-14-31(15-11-26)47-24-29-22-40-33-6-2-4-8-35(33)42-29)27-12-16-32(17-13-27)48-25-30-23-41-34-7-3-5-9-36(34)43-30/h2-17,22-23,28H,18-21,24-25H2,1H3,(H,45,46). The van der Waals surface area contributed by atoms with Crippen LogP contribution in [0.4, 0.5) is 0 Å². The van der Waals surface area contributed by atoms with Gasteiger partial charge in [0.25, 0.3) is 5.72 Å². The number of nitrogens with zero attached hydrogens (tertiary/aromatic N) is 5. The molecule has 1 N–H and O–H groups in total. The minimum atomic E-state index is -1.24. The molecule has 4 aromatic carbocycles. The van der Waals surface area contributed by atoms with Gasteiger partial charge in [-0.3, -0.25) is 14.8 Å². The first-order valence-electron chi connectivity index (χ1n) is 16.5. The highest BCUT2D eigenvalue weighted by Crippen LogP contribution is 2.53. The number of carboxylic acids is 1. The minimum Gasteiger partial charge on any atom is -0.487 e. The first kappa shape index (κ1) is 30.9. The van der Waals surface area contributed by atoms with Crippen LogP contribution in [0.5, 0.6) is 11.5 Å². The number of aromatic nitrogens is 4. The summed E-state index contributed by atoms with van der Waals surface area (Å²) in [5.41, 5.74) is 5.63. The van der Waals surface area contributed by atoms with E-state index < -0.39 is 11.7 Å². The van der Waals surface area contributed by atoms with Crippen LogP contribution in [0.1, 0.15) is 48.2 Å². The van der Waals surface area contributed by atoms with Crippen LogP contribution in [0.25, 0.3) is 22.1 Å². The molecule has 0 bridgehead atoms. The van der Waals surface area contributed by atoms with Crippen LogP contribution in [-0.4, -0.2) is 48.8 Å². The molecule has 2 aliphatic rings. The van der Waals surface area contributed by atoms with E-state index in [0.29, 0.717) is 26.1 Å². The van der Waals surface area contributed by atoms with Crippen LogP contribution < -0.4 is 9.47 Å². The quantitative estimate of drug-likeness (QED) is 0.157. The molecule has 1 saturated carbocycles. The molecule has 2 atom stereocenters. The summed E-state index contributed by atoms with van der Waals surface area (Å²) in [6, 6.07) is 32.0. The average Bonchev–Trinajstić information content (AvgIpc) is 3.85. The number of carbonyl (C=O) groups is 1. The third-order valence-electron chi connectivity index (χ3n) is 9.99. The molecule has 8 rings (SSSR count). The summed E-state index contributed by atoms with van der Waals surface area (Å²) in [5.74, 6) is 0.434. The van der Waals surface area contributed by atoms with Crippen molar-refractivity contribution in [2.24, 2.45) is 5.92 Å². The van der Waals surface area contributed by atoms with Crippen LogP contribution in [0.2, 0.25) is 0 Å². The van der Waals surface area contributed by atoms with Crippen molar-refractivity contribution in [2.75, 3.05) is 7.05 Å². The Morgan fingerprint density at radius 1 is 0.735 bits per heavy atom. The van der Waals surface area contributed by atoms with Gasteiger partial charge in [-0.2, -0.15) is 0 Å². The van der Waals surface area contributed by atoms with Gasteiger partial charge in [-0.25, -0.2) is 14.8 Å². The molecule has 2 fully saturated rings. The number of hydroxylamine groups is 2. The van der Waals surface area contributed by atoms with Crippen molar-refractivity contribution in [1.82, 2.24) is 25.0 Å². The zero-order valence-electron chi connectivity index (χ0n) is 27.0. The number of rotatable bonds is 10. The van der Waals surface area contributed by atoms with Gasteiger partial charge in [-0.1, -0.05) is 48.5 Å². The lowest BCUT2D eigenvalue weighted by Gasteiger charge is -2.42. The van der Waals surface area contributed by atoms with Crippen LogP contribution >= 0.6 is 0 Å². The monoisotopic (exact) mass is 653 g/mol. The summed E-state index contributed by atoms with van der Waals surface area (Å²) < 4.78 is 12.2. The number of fused-ring (bicyclic) bond motifs is 2. The molecular formula is C39H35N5O5. The van der Waals surface area contributed by atoms with E-state index in [4.69, 9.17) is 14.3 Å².